The number of nitrogens with zero attached hydrogens (tertiary/aromatic N) is 2. The van der Waals surface area contributed by atoms with Gasteiger partial charge in [0, 0.05) is 27.1 Å². The summed E-state index contributed by atoms with van der Waals surface area (Å²) < 4.78 is 2.15. The van der Waals surface area contributed by atoms with Crippen molar-refractivity contribution in [2.24, 2.45) is 4.99 Å². The Morgan fingerprint density at radius 3 is 2.40 bits per heavy atom. The second-order valence-corrected chi connectivity index (χ2v) is 8.95. The largest absolute Gasteiger partial charge is 0.318 e. The Balaban J connectivity index is 1.64. The summed E-state index contributed by atoms with van der Waals surface area (Å²) in [7, 11) is 0. The monoisotopic (exact) mass is 455 g/mol. The summed E-state index contributed by atoms with van der Waals surface area (Å²) in [6, 6.07) is 15.3. The normalized spacial score (nSPS) is 16.5. The van der Waals surface area contributed by atoms with Crippen LogP contribution in [0.4, 0.5) is 5.69 Å². The van der Waals surface area contributed by atoms with E-state index in [2.05, 4.69) is 20.9 Å². The van der Waals surface area contributed by atoms with E-state index in [-0.39, 0.29) is 5.91 Å². The summed E-state index contributed by atoms with van der Waals surface area (Å²) in [6.07, 6.45) is 1.91. The van der Waals surface area contributed by atoms with E-state index >= 15 is 0 Å². The van der Waals surface area contributed by atoms with Crippen LogP contribution in [-0.2, 0) is 4.79 Å². The lowest BCUT2D eigenvalue weighted by Gasteiger charge is -2.09. The van der Waals surface area contributed by atoms with E-state index in [0.29, 0.717) is 20.1 Å². The fraction of sp³-hybridized carbons (Fsp3) is 0.130. The highest BCUT2D eigenvalue weighted by Gasteiger charge is 2.25. The molecular weight excluding hydrogens is 437 g/mol. The second-order valence-electron chi connectivity index (χ2n) is 7.05. The van der Waals surface area contributed by atoms with Crippen LogP contribution >= 0.6 is 35.0 Å². The Morgan fingerprint density at radius 1 is 1.00 bits per heavy atom. The van der Waals surface area contributed by atoms with Crippen LogP contribution in [0.5, 0.6) is 0 Å². The maximum Gasteiger partial charge on any atom is 0.264 e. The third-order valence-corrected chi connectivity index (χ3v) is 6.27. The van der Waals surface area contributed by atoms with Gasteiger partial charge in [0.15, 0.2) is 5.17 Å². The van der Waals surface area contributed by atoms with Gasteiger partial charge < -0.3 is 9.88 Å². The average molecular weight is 456 g/mol. The molecule has 1 aliphatic heterocycles. The van der Waals surface area contributed by atoms with Crippen molar-refractivity contribution in [3.63, 3.8) is 0 Å². The molecule has 152 valence electrons. The molecule has 1 N–H and O–H groups in total. The highest BCUT2D eigenvalue weighted by atomic mass is 35.5. The molecule has 3 aromatic rings. The van der Waals surface area contributed by atoms with Crippen LogP contribution in [0, 0.1) is 20.8 Å². The molecule has 0 unspecified atom stereocenters. The van der Waals surface area contributed by atoms with Crippen LogP contribution in [0.1, 0.15) is 22.5 Å². The minimum Gasteiger partial charge on any atom is -0.318 e. The van der Waals surface area contributed by atoms with Gasteiger partial charge in [0.2, 0.25) is 0 Å². The number of nitrogens with one attached hydrogen (secondary N) is 1. The van der Waals surface area contributed by atoms with Gasteiger partial charge >= 0.3 is 0 Å². The van der Waals surface area contributed by atoms with E-state index in [1.165, 1.54) is 11.8 Å². The predicted molar refractivity (Wildman–Crippen MR) is 127 cm³/mol. The van der Waals surface area contributed by atoms with Crippen LogP contribution in [0.15, 0.2) is 58.4 Å². The Kier molecular flexibility index (Phi) is 5.78. The van der Waals surface area contributed by atoms with E-state index in [4.69, 9.17) is 23.2 Å². The number of hydrogen-bond acceptors (Lipinski definition) is 3. The zero-order chi connectivity index (χ0) is 21.4. The van der Waals surface area contributed by atoms with E-state index < -0.39 is 0 Å². The lowest BCUT2D eigenvalue weighted by atomic mass is 10.2. The first-order valence-corrected chi connectivity index (χ1v) is 10.9. The standard InChI is InChI=1S/C23H19Cl2N3OS/c1-13-10-18(25)6-9-20(13)26-23-27-22(29)21(30-23)12-16-11-14(2)28(15(16)3)19-7-4-17(24)5-8-19/h4-12H,1-3H3,(H,26,27,29)/b21-12-. The summed E-state index contributed by atoms with van der Waals surface area (Å²) in [4.78, 5) is 17.7. The first-order chi connectivity index (χ1) is 14.3. The first-order valence-electron chi connectivity index (χ1n) is 9.32. The highest BCUT2D eigenvalue weighted by Crippen LogP contribution is 2.32. The SMILES string of the molecule is Cc1cc(Cl)ccc1N=C1NC(=O)/C(=C/c2cc(C)n(-c3ccc(Cl)cc3)c2C)S1. The molecule has 2 aromatic carbocycles. The van der Waals surface area contributed by atoms with Gasteiger partial charge in [-0.1, -0.05) is 23.2 Å². The molecule has 1 aromatic heterocycles. The molecule has 1 saturated heterocycles. The molecular formula is C23H19Cl2N3OS. The lowest BCUT2D eigenvalue weighted by molar-refractivity contribution is -0.115. The van der Waals surface area contributed by atoms with Gasteiger partial charge in [0.25, 0.3) is 5.91 Å². The number of rotatable bonds is 3. The van der Waals surface area contributed by atoms with Crippen LogP contribution in [0.3, 0.4) is 0 Å². The van der Waals surface area contributed by atoms with E-state index in [1.54, 1.807) is 6.07 Å². The minimum atomic E-state index is -0.151. The number of amides is 1. The smallest absolute Gasteiger partial charge is 0.264 e. The molecule has 0 saturated carbocycles. The zero-order valence-corrected chi connectivity index (χ0v) is 19.0. The number of amidine groups is 1. The molecule has 1 amide bonds. The number of carbonyl (C=O) groups excluding carboxylic acids is 1. The molecule has 30 heavy (non-hydrogen) atoms. The van der Waals surface area contributed by atoms with Crippen molar-refractivity contribution in [2.45, 2.75) is 20.8 Å². The van der Waals surface area contributed by atoms with Crippen molar-refractivity contribution < 1.29 is 4.79 Å². The summed E-state index contributed by atoms with van der Waals surface area (Å²) in [5, 5.41) is 4.77. The molecule has 4 rings (SSSR count). The van der Waals surface area contributed by atoms with Crippen molar-refractivity contribution in [1.82, 2.24) is 9.88 Å². The summed E-state index contributed by atoms with van der Waals surface area (Å²) in [5.41, 5.74) is 5.88. The molecule has 1 aliphatic rings. The van der Waals surface area contributed by atoms with Crippen molar-refractivity contribution in [2.75, 3.05) is 0 Å². The van der Waals surface area contributed by atoms with Crippen LogP contribution in [-0.4, -0.2) is 15.6 Å². The number of carbonyl (C=O) groups is 1. The van der Waals surface area contributed by atoms with Gasteiger partial charge in [-0.05, 0) is 98.3 Å². The van der Waals surface area contributed by atoms with Crippen LogP contribution in [0.2, 0.25) is 10.0 Å². The maximum absolute atomic E-state index is 12.5. The molecule has 0 spiro atoms. The summed E-state index contributed by atoms with van der Waals surface area (Å²) in [6.45, 7) is 6.02. The molecule has 2 heterocycles. The fourth-order valence-corrected chi connectivity index (χ4v) is 4.57. The molecule has 1 fully saturated rings. The van der Waals surface area contributed by atoms with E-state index in [9.17, 15) is 4.79 Å². The van der Waals surface area contributed by atoms with Crippen molar-refractivity contribution in [1.29, 1.82) is 0 Å². The number of halogens is 2. The Morgan fingerprint density at radius 2 is 1.70 bits per heavy atom. The van der Waals surface area contributed by atoms with Crippen LogP contribution < -0.4 is 5.32 Å². The predicted octanol–water partition coefficient (Wildman–Crippen LogP) is 6.60. The van der Waals surface area contributed by atoms with E-state index in [1.807, 2.05) is 63.2 Å². The number of benzene rings is 2. The van der Waals surface area contributed by atoms with Gasteiger partial charge in [0.05, 0.1) is 10.6 Å². The lowest BCUT2D eigenvalue weighted by Crippen LogP contribution is -2.19. The van der Waals surface area contributed by atoms with Crippen molar-refractivity contribution >= 4 is 57.8 Å². The molecule has 4 nitrogen and oxygen atoms in total. The quantitative estimate of drug-likeness (QED) is 0.452. The van der Waals surface area contributed by atoms with Crippen LogP contribution in [0.25, 0.3) is 11.8 Å². The number of hydrogen-bond donors (Lipinski definition) is 1. The average Bonchev–Trinajstić information content (AvgIpc) is 3.17. The van der Waals surface area contributed by atoms with Gasteiger partial charge in [-0.15, -0.1) is 0 Å². The molecule has 7 heteroatoms. The van der Waals surface area contributed by atoms with Crippen molar-refractivity contribution in [3.8, 4) is 5.69 Å². The second kappa shape index (κ2) is 8.34. The summed E-state index contributed by atoms with van der Waals surface area (Å²) >= 11 is 13.4. The zero-order valence-electron chi connectivity index (χ0n) is 16.7. The number of aryl methyl sites for hydroxylation is 2. The molecule has 0 aliphatic carbocycles. The molecule has 0 atom stereocenters. The highest BCUT2D eigenvalue weighted by molar-refractivity contribution is 8.18. The molecule has 0 radical (unpaired) electrons. The number of aliphatic imine (C=N–C) groups is 1. The van der Waals surface area contributed by atoms with E-state index in [0.717, 1.165) is 33.9 Å². The third-order valence-electron chi connectivity index (χ3n) is 4.87. The minimum absolute atomic E-state index is 0.151. The number of aromatic nitrogens is 1. The Labute approximate surface area is 189 Å². The maximum atomic E-state index is 12.5. The topological polar surface area (TPSA) is 46.4 Å². The third kappa shape index (κ3) is 4.19. The Bertz CT molecular complexity index is 1210. The number of thioether (sulfide) groups is 1. The van der Waals surface area contributed by atoms with Gasteiger partial charge in [-0.3, -0.25) is 4.79 Å². The first kappa shape index (κ1) is 20.8. The van der Waals surface area contributed by atoms with Gasteiger partial charge in [0.1, 0.15) is 0 Å². The molecule has 0 bridgehead atoms. The summed E-state index contributed by atoms with van der Waals surface area (Å²) in [5.74, 6) is -0.151. The van der Waals surface area contributed by atoms with Crippen molar-refractivity contribution in [3.05, 3.63) is 86.0 Å². The fourth-order valence-electron chi connectivity index (χ4n) is 3.40. The van der Waals surface area contributed by atoms with Gasteiger partial charge in [-0.25, -0.2) is 4.99 Å². The van der Waals surface area contributed by atoms with Gasteiger partial charge in [-0.2, -0.15) is 0 Å². The Hall–Kier alpha value is -2.47.